The van der Waals surface area contributed by atoms with E-state index in [0.717, 1.165) is 16.7 Å². The molecule has 0 unspecified atom stereocenters. The summed E-state index contributed by atoms with van der Waals surface area (Å²) in [6.45, 7) is 4.91. The van der Waals surface area contributed by atoms with Crippen LogP contribution in [0.1, 0.15) is 39.5 Å². The predicted octanol–water partition coefficient (Wildman–Crippen LogP) is 3.05. The lowest BCUT2D eigenvalue weighted by Crippen LogP contribution is -2.47. The lowest BCUT2D eigenvalue weighted by molar-refractivity contribution is -0.525. The largest absolute Gasteiger partial charge is 0.354 e. The highest BCUT2D eigenvalue weighted by atomic mass is 32.2. The van der Waals surface area contributed by atoms with Crippen molar-refractivity contribution >= 4 is 40.3 Å². The number of carbonyl (C=O) groups excluding carboxylic acids is 2. The second-order valence-corrected chi connectivity index (χ2v) is 9.68. The Kier molecular flexibility index (Phi) is 11.8. The van der Waals surface area contributed by atoms with Crippen LogP contribution in [-0.2, 0) is 9.59 Å². The van der Waals surface area contributed by atoms with E-state index in [-0.39, 0.29) is 24.8 Å². The molecule has 0 heterocycles. The number of fused-ring (bicyclic) bond motifs is 1. The monoisotopic (exact) mass is 502 g/mol. The molecule has 0 aliphatic carbocycles. The van der Waals surface area contributed by atoms with Crippen molar-refractivity contribution in [3.63, 3.8) is 0 Å². The van der Waals surface area contributed by atoms with Gasteiger partial charge in [-0.25, -0.2) is 10.1 Å². The summed E-state index contributed by atoms with van der Waals surface area (Å²) in [7, 11) is 0. The number of nitrogens with zero attached hydrogens (tertiary/aromatic N) is 1. The number of carbonyl (C=O) groups is 2. The highest BCUT2D eigenvalue weighted by Crippen LogP contribution is 2.24. The summed E-state index contributed by atoms with van der Waals surface area (Å²) in [5.74, 6) is 0.136. The molecule has 35 heavy (non-hydrogen) atoms. The molecular weight excluding hydrogens is 468 g/mol. The van der Waals surface area contributed by atoms with Crippen molar-refractivity contribution in [1.29, 1.82) is 5.41 Å². The third kappa shape index (κ3) is 11.1. The maximum Gasteiger partial charge on any atom is 0.251 e. The van der Waals surface area contributed by atoms with Gasteiger partial charge in [0.15, 0.2) is 5.03 Å². The van der Waals surface area contributed by atoms with Gasteiger partial charge in [-0.3, -0.25) is 15.0 Å². The molecule has 0 aliphatic heterocycles. The van der Waals surface area contributed by atoms with Gasteiger partial charge in [0.2, 0.25) is 11.8 Å². The number of hydrazine groups is 1. The molecule has 0 aromatic heterocycles. The summed E-state index contributed by atoms with van der Waals surface area (Å²) in [6, 6.07) is 13.6. The first-order valence-corrected chi connectivity index (χ1v) is 12.6. The van der Waals surface area contributed by atoms with Gasteiger partial charge < -0.3 is 16.0 Å². The van der Waals surface area contributed by atoms with Gasteiger partial charge in [0.25, 0.3) is 5.96 Å². The highest BCUT2D eigenvalue weighted by Gasteiger charge is 2.20. The minimum Gasteiger partial charge on any atom is -0.354 e. The van der Waals surface area contributed by atoms with Crippen molar-refractivity contribution in [3.05, 3.63) is 52.6 Å². The van der Waals surface area contributed by atoms with E-state index in [1.807, 2.05) is 18.2 Å². The van der Waals surface area contributed by atoms with Crippen molar-refractivity contribution < 1.29 is 14.6 Å². The molecule has 2 amide bonds. The summed E-state index contributed by atoms with van der Waals surface area (Å²) in [4.78, 5) is 36.7. The average Bonchev–Trinajstić information content (AvgIpc) is 2.80. The predicted molar refractivity (Wildman–Crippen MR) is 139 cm³/mol. The van der Waals surface area contributed by atoms with Crippen molar-refractivity contribution in [3.8, 4) is 0 Å². The van der Waals surface area contributed by atoms with Crippen LogP contribution in [0.25, 0.3) is 10.8 Å². The van der Waals surface area contributed by atoms with E-state index < -0.39 is 17.0 Å². The number of amides is 2. The summed E-state index contributed by atoms with van der Waals surface area (Å²) in [5.41, 5.74) is 1.71. The molecule has 5 N–H and O–H groups in total. The molecule has 10 nitrogen and oxygen atoms in total. The van der Waals surface area contributed by atoms with Gasteiger partial charge >= 0.3 is 0 Å². The number of guanidine groups is 1. The SMILES string of the molecule is CC(C)CCNC(=O)[C@H](CCCNC(=N)N[N+](=O)[O-])NC(=O)CCSc1ccc2ccccc2c1. The number of hydrogen-bond acceptors (Lipinski definition) is 6. The number of hydrogen-bond donors (Lipinski definition) is 5. The van der Waals surface area contributed by atoms with Crippen molar-refractivity contribution in [2.45, 2.75) is 50.5 Å². The zero-order chi connectivity index (χ0) is 25.6. The van der Waals surface area contributed by atoms with Crippen LogP contribution in [0.2, 0.25) is 0 Å². The van der Waals surface area contributed by atoms with E-state index in [2.05, 4.69) is 54.1 Å². The fourth-order valence-corrected chi connectivity index (χ4v) is 4.21. The van der Waals surface area contributed by atoms with E-state index in [9.17, 15) is 19.7 Å². The lowest BCUT2D eigenvalue weighted by Gasteiger charge is -2.19. The third-order valence-electron chi connectivity index (χ3n) is 5.17. The van der Waals surface area contributed by atoms with Gasteiger partial charge in [0.1, 0.15) is 6.04 Å². The molecule has 11 heteroatoms. The van der Waals surface area contributed by atoms with Crippen LogP contribution in [0.4, 0.5) is 0 Å². The Morgan fingerprint density at radius 3 is 2.51 bits per heavy atom. The molecule has 1 atom stereocenters. The third-order valence-corrected chi connectivity index (χ3v) is 6.16. The van der Waals surface area contributed by atoms with Crippen LogP contribution in [0.3, 0.4) is 0 Å². The van der Waals surface area contributed by atoms with E-state index in [1.54, 1.807) is 17.2 Å². The Hall–Kier alpha value is -3.34. The molecule has 2 aromatic rings. The number of nitro groups is 1. The topological polar surface area (TPSA) is 149 Å². The van der Waals surface area contributed by atoms with E-state index in [0.29, 0.717) is 31.1 Å². The summed E-state index contributed by atoms with van der Waals surface area (Å²) in [5, 5.41) is 27.5. The zero-order valence-corrected chi connectivity index (χ0v) is 21.0. The maximum absolute atomic E-state index is 12.7. The molecule has 0 bridgehead atoms. The molecule has 0 spiro atoms. The Balaban J connectivity index is 1.83. The first-order valence-electron chi connectivity index (χ1n) is 11.7. The van der Waals surface area contributed by atoms with Crippen molar-refractivity contribution in [1.82, 2.24) is 21.4 Å². The standard InChI is InChI=1S/C24H34N6O4S/c1-17(2)11-14-26-23(32)21(8-5-13-27-24(25)29-30(33)34)28-22(31)12-15-35-20-10-9-18-6-3-4-7-19(18)16-20/h3-4,6-7,9-10,16-17,21H,5,8,11-15H2,1-2H3,(H,26,32)(H,28,31)(H3,25,27,29)/t21-/m0/s1. The fourth-order valence-electron chi connectivity index (χ4n) is 3.31. The van der Waals surface area contributed by atoms with Crippen molar-refractivity contribution in [2.75, 3.05) is 18.8 Å². The first kappa shape index (κ1) is 27.9. The van der Waals surface area contributed by atoms with Crippen LogP contribution in [0, 0.1) is 21.4 Å². The second kappa shape index (κ2) is 14.8. The molecule has 2 rings (SSSR count). The molecule has 0 radical (unpaired) electrons. The van der Waals surface area contributed by atoms with Gasteiger partial charge in [0, 0.05) is 30.2 Å². The van der Waals surface area contributed by atoms with Crippen LogP contribution in [0.5, 0.6) is 0 Å². The van der Waals surface area contributed by atoms with Gasteiger partial charge in [0.05, 0.1) is 0 Å². The molecule has 190 valence electrons. The number of nitrogens with one attached hydrogen (secondary N) is 5. The van der Waals surface area contributed by atoms with Crippen LogP contribution >= 0.6 is 11.8 Å². The Morgan fingerprint density at radius 1 is 1.06 bits per heavy atom. The number of rotatable bonds is 14. The maximum atomic E-state index is 12.7. The van der Waals surface area contributed by atoms with Crippen molar-refractivity contribution in [2.24, 2.45) is 5.92 Å². The minimum atomic E-state index is -0.823. The first-order chi connectivity index (χ1) is 16.7. The van der Waals surface area contributed by atoms with E-state index in [4.69, 9.17) is 5.41 Å². The summed E-state index contributed by atoms with van der Waals surface area (Å²) in [6.07, 6.45) is 1.88. The average molecular weight is 503 g/mol. The smallest absolute Gasteiger partial charge is 0.251 e. The van der Waals surface area contributed by atoms with Crippen LogP contribution in [-0.4, -0.2) is 47.7 Å². The Bertz CT molecular complexity index is 1020. The molecule has 0 fully saturated rings. The van der Waals surface area contributed by atoms with E-state index in [1.165, 1.54) is 5.39 Å². The Labute approximate surface area is 209 Å². The molecule has 0 aliphatic rings. The quantitative estimate of drug-likeness (QED) is 0.0665. The summed E-state index contributed by atoms with van der Waals surface area (Å²) < 4.78 is 0. The van der Waals surface area contributed by atoms with E-state index >= 15 is 0 Å². The van der Waals surface area contributed by atoms with Crippen LogP contribution in [0.15, 0.2) is 47.4 Å². The fraction of sp³-hybridized carbons (Fsp3) is 0.458. The minimum absolute atomic E-state index is 0.210. The second-order valence-electron chi connectivity index (χ2n) is 8.51. The molecular formula is C24H34N6O4S. The van der Waals surface area contributed by atoms with Gasteiger partial charge in [-0.1, -0.05) is 49.6 Å². The molecule has 0 saturated carbocycles. The molecule has 2 aromatic carbocycles. The van der Waals surface area contributed by atoms with Gasteiger partial charge in [-0.05, 0) is 48.1 Å². The zero-order valence-electron chi connectivity index (χ0n) is 20.1. The Morgan fingerprint density at radius 2 is 1.80 bits per heavy atom. The molecule has 0 saturated heterocycles. The van der Waals surface area contributed by atoms with Gasteiger partial charge in [-0.2, -0.15) is 0 Å². The van der Waals surface area contributed by atoms with Crippen LogP contribution < -0.4 is 21.4 Å². The normalized spacial score (nSPS) is 11.6. The lowest BCUT2D eigenvalue weighted by atomic mass is 10.1. The summed E-state index contributed by atoms with van der Waals surface area (Å²) >= 11 is 1.59. The van der Waals surface area contributed by atoms with Gasteiger partial charge in [-0.15, -0.1) is 11.8 Å². The number of thioether (sulfide) groups is 1. The number of benzene rings is 2. The highest BCUT2D eigenvalue weighted by molar-refractivity contribution is 7.99.